The molecule has 0 aliphatic carbocycles. The average Bonchev–Trinajstić information content (AvgIpc) is 2.55. The number of hydrogen-bond donors (Lipinski definition) is 0. The Hall–Kier alpha value is -0.570. The van der Waals surface area contributed by atoms with Crippen LogP contribution in [0.1, 0.15) is 19.8 Å². The van der Waals surface area contributed by atoms with Crippen LogP contribution >= 0.6 is 0 Å². The molecule has 2 unspecified atom stereocenters. The molecule has 0 N–H and O–H groups in total. The van der Waals surface area contributed by atoms with E-state index in [1.54, 1.807) is 0 Å². The summed E-state index contributed by atoms with van der Waals surface area (Å²) in [6, 6.07) is 0. The largest absolute Gasteiger partial charge is 0.342 e. The van der Waals surface area contributed by atoms with Gasteiger partial charge in [0.15, 0.2) is 0 Å². The molecule has 80 valence electrons. The third-order valence-electron chi connectivity index (χ3n) is 3.64. The number of likely N-dealkylation sites (tertiary alicyclic amines) is 2. The van der Waals surface area contributed by atoms with Crippen LogP contribution in [0.25, 0.3) is 0 Å². The van der Waals surface area contributed by atoms with E-state index in [1.165, 1.54) is 19.5 Å². The highest BCUT2D eigenvalue weighted by atomic mass is 16.2. The van der Waals surface area contributed by atoms with Gasteiger partial charge in [-0.05, 0) is 25.3 Å². The predicted octanol–water partition coefficient (Wildman–Crippen LogP) is 0.806. The van der Waals surface area contributed by atoms with E-state index in [2.05, 4.69) is 16.8 Å². The molecule has 0 bridgehead atoms. The molecule has 0 radical (unpaired) electrons. The predicted molar refractivity (Wildman–Crippen MR) is 56.0 cm³/mol. The van der Waals surface area contributed by atoms with E-state index in [1.807, 2.05) is 6.92 Å². The van der Waals surface area contributed by atoms with E-state index in [-0.39, 0.29) is 0 Å². The molecule has 14 heavy (non-hydrogen) atoms. The molecule has 2 rings (SSSR count). The van der Waals surface area contributed by atoms with Gasteiger partial charge < -0.3 is 9.80 Å². The fourth-order valence-electron chi connectivity index (χ4n) is 2.85. The Labute approximate surface area is 86.1 Å². The Balaban J connectivity index is 1.94. The Morgan fingerprint density at radius 1 is 1.29 bits per heavy atom. The van der Waals surface area contributed by atoms with Crippen molar-refractivity contribution in [3.8, 4) is 0 Å². The van der Waals surface area contributed by atoms with E-state index < -0.39 is 0 Å². The zero-order valence-corrected chi connectivity index (χ0v) is 9.20. The minimum absolute atomic E-state index is 0.331. The molecular formula is C11H20N2O. The number of nitrogens with zero attached hydrogens (tertiary/aromatic N) is 2. The van der Waals surface area contributed by atoms with Crippen LogP contribution in [-0.2, 0) is 4.79 Å². The van der Waals surface area contributed by atoms with Crippen molar-refractivity contribution < 1.29 is 4.79 Å². The van der Waals surface area contributed by atoms with Gasteiger partial charge in [-0.2, -0.15) is 0 Å². The quantitative estimate of drug-likeness (QED) is 0.619. The Morgan fingerprint density at radius 3 is 2.71 bits per heavy atom. The molecule has 0 aromatic heterocycles. The monoisotopic (exact) mass is 196 g/mol. The summed E-state index contributed by atoms with van der Waals surface area (Å²) in [5, 5.41) is 0. The second-order valence-corrected chi connectivity index (χ2v) is 4.72. The Kier molecular flexibility index (Phi) is 2.77. The number of hydrogen-bond acceptors (Lipinski definition) is 2. The van der Waals surface area contributed by atoms with Gasteiger partial charge in [-0.25, -0.2) is 0 Å². The van der Waals surface area contributed by atoms with Crippen molar-refractivity contribution in [2.75, 3.05) is 33.2 Å². The summed E-state index contributed by atoms with van der Waals surface area (Å²) in [6.07, 6.45) is 1.87. The lowest BCUT2D eigenvalue weighted by Gasteiger charge is -2.34. The highest BCUT2D eigenvalue weighted by molar-refractivity contribution is 5.75. The van der Waals surface area contributed by atoms with Gasteiger partial charge in [0.05, 0.1) is 0 Å². The fraction of sp³-hybridized carbons (Fsp3) is 0.909. The van der Waals surface area contributed by atoms with Crippen LogP contribution in [0.4, 0.5) is 0 Å². The summed E-state index contributed by atoms with van der Waals surface area (Å²) in [4.78, 5) is 16.0. The van der Waals surface area contributed by atoms with Crippen LogP contribution < -0.4 is 0 Å². The summed E-state index contributed by atoms with van der Waals surface area (Å²) in [5.41, 5.74) is 0. The van der Waals surface area contributed by atoms with Crippen LogP contribution in [-0.4, -0.2) is 48.9 Å². The Bertz CT molecular complexity index is 229. The van der Waals surface area contributed by atoms with Gasteiger partial charge in [-0.1, -0.05) is 6.92 Å². The number of piperidine rings is 1. The van der Waals surface area contributed by atoms with E-state index in [9.17, 15) is 4.79 Å². The van der Waals surface area contributed by atoms with E-state index in [4.69, 9.17) is 0 Å². The fourth-order valence-corrected chi connectivity index (χ4v) is 2.85. The van der Waals surface area contributed by atoms with Crippen molar-refractivity contribution in [1.29, 1.82) is 0 Å². The molecule has 2 atom stereocenters. The topological polar surface area (TPSA) is 23.6 Å². The van der Waals surface area contributed by atoms with Crippen LogP contribution in [0.3, 0.4) is 0 Å². The molecular weight excluding hydrogens is 176 g/mol. The van der Waals surface area contributed by atoms with Gasteiger partial charge in [0.1, 0.15) is 0 Å². The summed E-state index contributed by atoms with van der Waals surface area (Å²) < 4.78 is 0. The maximum atomic E-state index is 11.5. The second-order valence-electron chi connectivity index (χ2n) is 4.72. The lowest BCUT2D eigenvalue weighted by atomic mass is 9.88. The third kappa shape index (κ3) is 1.78. The van der Waals surface area contributed by atoms with Gasteiger partial charge in [-0.3, -0.25) is 4.79 Å². The van der Waals surface area contributed by atoms with Crippen molar-refractivity contribution in [3.05, 3.63) is 0 Å². The van der Waals surface area contributed by atoms with Crippen molar-refractivity contribution in [2.24, 2.45) is 11.8 Å². The molecule has 2 heterocycles. The standard InChI is InChI=1S/C11H20N2O/c1-3-11(14)13-5-4-9-6-12(2)7-10(9)8-13/h9-10H,3-8H2,1-2H3. The highest BCUT2D eigenvalue weighted by Gasteiger charge is 2.36. The van der Waals surface area contributed by atoms with Crippen molar-refractivity contribution in [1.82, 2.24) is 9.80 Å². The van der Waals surface area contributed by atoms with Crippen LogP contribution in [0.5, 0.6) is 0 Å². The first-order valence-electron chi connectivity index (χ1n) is 5.67. The van der Waals surface area contributed by atoms with Gasteiger partial charge in [0, 0.05) is 32.6 Å². The van der Waals surface area contributed by atoms with Crippen LogP contribution in [0, 0.1) is 11.8 Å². The lowest BCUT2D eigenvalue weighted by Crippen LogP contribution is -2.43. The molecule has 2 fully saturated rings. The molecule has 0 spiro atoms. The zero-order valence-electron chi connectivity index (χ0n) is 9.20. The summed E-state index contributed by atoms with van der Waals surface area (Å²) in [7, 11) is 2.18. The maximum absolute atomic E-state index is 11.5. The summed E-state index contributed by atoms with van der Waals surface area (Å²) >= 11 is 0. The van der Waals surface area contributed by atoms with E-state index in [0.29, 0.717) is 12.3 Å². The number of fused-ring (bicyclic) bond motifs is 1. The van der Waals surface area contributed by atoms with Gasteiger partial charge in [0.25, 0.3) is 0 Å². The van der Waals surface area contributed by atoms with Gasteiger partial charge in [-0.15, -0.1) is 0 Å². The first-order valence-corrected chi connectivity index (χ1v) is 5.67. The summed E-state index contributed by atoms with van der Waals surface area (Å²) in [6.45, 7) is 6.36. The van der Waals surface area contributed by atoms with Crippen molar-refractivity contribution >= 4 is 5.91 Å². The normalized spacial score (nSPS) is 33.1. The molecule has 0 aromatic carbocycles. The van der Waals surface area contributed by atoms with Crippen molar-refractivity contribution in [3.63, 3.8) is 0 Å². The first-order chi connectivity index (χ1) is 6.70. The minimum atomic E-state index is 0.331. The smallest absolute Gasteiger partial charge is 0.222 e. The molecule has 2 aliphatic heterocycles. The summed E-state index contributed by atoms with van der Waals surface area (Å²) in [5.74, 6) is 1.92. The molecule has 0 saturated carbocycles. The molecule has 3 nitrogen and oxygen atoms in total. The van der Waals surface area contributed by atoms with Crippen molar-refractivity contribution in [2.45, 2.75) is 19.8 Å². The third-order valence-corrected chi connectivity index (χ3v) is 3.64. The molecule has 3 heteroatoms. The Morgan fingerprint density at radius 2 is 2.00 bits per heavy atom. The second kappa shape index (κ2) is 3.89. The van der Waals surface area contributed by atoms with Crippen LogP contribution in [0.2, 0.25) is 0 Å². The molecule has 2 aliphatic rings. The van der Waals surface area contributed by atoms with E-state index in [0.717, 1.165) is 24.9 Å². The van der Waals surface area contributed by atoms with E-state index >= 15 is 0 Å². The molecule has 2 saturated heterocycles. The number of carbonyl (C=O) groups excluding carboxylic acids is 1. The zero-order chi connectivity index (χ0) is 10.1. The minimum Gasteiger partial charge on any atom is -0.342 e. The SMILES string of the molecule is CCC(=O)N1CCC2CN(C)CC2C1. The molecule has 1 amide bonds. The first kappa shape index (κ1) is 9.97. The van der Waals surface area contributed by atoms with Gasteiger partial charge >= 0.3 is 0 Å². The number of amides is 1. The van der Waals surface area contributed by atoms with Gasteiger partial charge in [0.2, 0.25) is 5.91 Å². The highest BCUT2D eigenvalue weighted by Crippen LogP contribution is 2.30. The number of carbonyl (C=O) groups is 1. The van der Waals surface area contributed by atoms with Crippen LogP contribution in [0.15, 0.2) is 0 Å². The average molecular weight is 196 g/mol. The maximum Gasteiger partial charge on any atom is 0.222 e. The molecule has 0 aromatic rings. The lowest BCUT2D eigenvalue weighted by molar-refractivity contribution is -0.133. The number of rotatable bonds is 1.